The maximum atomic E-state index is 12.2. The zero-order chi connectivity index (χ0) is 20.3. The van der Waals surface area contributed by atoms with Crippen molar-refractivity contribution in [2.45, 2.75) is 47.6 Å². The predicted molar refractivity (Wildman–Crippen MR) is 116 cm³/mol. The summed E-state index contributed by atoms with van der Waals surface area (Å²) in [6.07, 6.45) is 9.41. The molecule has 2 aromatic rings. The molecular formula is C24H29N3O. The number of hydrogen-bond donors (Lipinski definition) is 0. The van der Waals surface area contributed by atoms with E-state index in [0.717, 1.165) is 41.1 Å². The Bertz CT molecular complexity index is 975. The summed E-state index contributed by atoms with van der Waals surface area (Å²) in [7, 11) is 0. The van der Waals surface area contributed by atoms with Crippen molar-refractivity contribution in [1.82, 2.24) is 14.7 Å². The summed E-state index contributed by atoms with van der Waals surface area (Å²) in [5.74, 6) is 0.0671. The van der Waals surface area contributed by atoms with E-state index in [2.05, 4.69) is 69.5 Å². The summed E-state index contributed by atoms with van der Waals surface area (Å²) in [5, 5.41) is 4.84. The van der Waals surface area contributed by atoms with Crippen molar-refractivity contribution in [3.05, 3.63) is 71.1 Å². The molecule has 0 atom stereocenters. The van der Waals surface area contributed by atoms with E-state index in [1.54, 1.807) is 6.92 Å². The van der Waals surface area contributed by atoms with Crippen LogP contribution < -0.4 is 0 Å². The molecule has 146 valence electrons. The molecule has 1 amide bonds. The zero-order valence-electron chi connectivity index (χ0n) is 17.5. The molecule has 1 aromatic carbocycles. The van der Waals surface area contributed by atoms with Gasteiger partial charge in [0.15, 0.2) is 0 Å². The summed E-state index contributed by atoms with van der Waals surface area (Å²) < 4.78 is 1.98. The topological polar surface area (TPSA) is 38.1 Å². The van der Waals surface area contributed by atoms with Gasteiger partial charge in [-0.15, -0.1) is 0 Å². The number of benzene rings is 1. The van der Waals surface area contributed by atoms with Crippen molar-refractivity contribution < 1.29 is 4.79 Å². The first kappa shape index (κ1) is 19.9. The monoisotopic (exact) mass is 375 g/mol. The fraction of sp³-hybridized carbons (Fsp3) is 0.333. The van der Waals surface area contributed by atoms with Crippen molar-refractivity contribution in [2.24, 2.45) is 0 Å². The molecule has 4 nitrogen and oxygen atoms in total. The minimum absolute atomic E-state index is 0.0671. The fourth-order valence-corrected chi connectivity index (χ4v) is 3.62. The molecule has 1 aliphatic carbocycles. The number of likely N-dealkylation sites (N-methyl/N-ethyl adjacent to an activating group) is 1. The van der Waals surface area contributed by atoms with Gasteiger partial charge in [0, 0.05) is 43.0 Å². The van der Waals surface area contributed by atoms with Gasteiger partial charge in [-0.1, -0.05) is 35.9 Å². The Morgan fingerprint density at radius 2 is 2.04 bits per heavy atom. The largest absolute Gasteiger partial charge is 0.313 e. The van der Waals surface area contributed by atoms with E-state index in [-0.39, 0.29) is 5.91 Å². The highest BCUT2D eigenvalue weighted by Crippen LogP contribution is 2.33. The second-order valence-corrected chi connectivity index (χ2v) is 7.25. The van der Waals surface area contributed by atoms with Crippen molar-refractivity contribution >= 4 is 11.5 Å². The Kier molecular flexibility index (Phi) is 5.98. The van der Waals surface area contributed by atoms with Crippen LogP contribution >= 0.6 is 0 Å². The van der Waals surface area contributed by atoms with Crippen LogP contribution in [-0.4, -0.2) is 27.1 Å². The lowest BCUT2D eigenvalue weighted by Gasteiger charge is -2.22. The molecule has 0 aliphatic heterocycles. The van der Waals surface area contributed by atoms with Gasteiger partial charge < -0.3 is 4.90 Å². The second-order valence-electron chi connectivity index (χ2n) is 7.25. The lowest BCUT2D eigenvalue weighted by atomic mass is 9.99. The normalized spacial score (nSPS) is 14.1. The number of aryl methyl sites for hydroxylation is 2. The van der Waals surface area contributed by atoms with Crippen molar-refractivity contribution in [1.29, 1.82) is 0 Å². The highest BCUT2D eigenvalue weighted by atomic mass is 16.2. The summed E-state index contributed by atoms with van der Waals surface area (Å²) >= 11 is 0. The van der Waals surface area contributed by atoms with Gasteiger partial charge in [0.1, 0.15) is 5.69 Å². The molecule has 0 saturated carbocycles. The number of carbonyl (C=O) groups excluding carboxylic acids is 1. The highest BCUT2D eigenvalue weighted by molar-refractivity contribution is 5.86. The molecule has 3 rings (SSSR count). The standard InChI is InChI=1S/C24H29N3O/c1-6-26-16-22(24(25-26)21-13-8-10-17(3)14-21)20-12-9-11-18(4)23(15-20)27(7-2)19(5)28/h8-10,12-16H,6-7,11H2,1-5H3. The number of aromatic nitrogens is 2. The summed E-state index contributed by atoms with van der Waals surface area (Å²) in [6.45, 7) is 11.4. The van der Waals surface area contributed by atoms with E-state index < -0.39 is 0 Å². The van der Waals surface area contributed by atoms with Crippen LogP contribution in [0.15, 0.2) is 60.0 Å². The maximum absolute atomic E-state index is 12.2. The molecule has 0 bridgehead atoms. The number of allylic oxidation sites excluding steroid dienone is 5. The molecule has 0 fully saturated rings. The van der Waals surface area contributed by atoms with Crippen LogP contribution in [0, 0.1) is 6.92 Å². The van der Waals surface area contributed by atoms with Gasteiger partial charge in [-0.3, -0.25) is 9.48 Å². The first-order chi connectivity index (χ1) is 13.4. The van der Waals surface area contributed by atoms with E-state index in [1.165, 1.54) is 11.1 Å². The lowest BCUT2D eigenvalue weighted by molar-refractivity contribution is -0.126. The number of nitrogens with zero attached hydrogens (tertiary/aromatic N) is 3. The van der Waals surface area contributed by atoms with E-state index >= 15 is 0 Å². The third-order valence-electron chi connectivity index (χ3n) is 5.13. The Morgan fingerprint density at radius 1 is 1.25 bits per heavy atom. The van der Waals surface area contributed by atoms with Crippen LogP contribution in [0.2, 0.25) is 0 Å². The molecule has 1 aromatic heterocycles. The first-order valence-corrected chi connectivity index (χ1v) is 9.95. The molecule has 0 saturated heterocycles. The first-order valence-electron chi connectivity index (χ1n) is 9.95. The Balaban J connectivity index is 2.17. The average Bonchev–Trinajstić information content (AvgIpc) is 3.01. The van der Waals surface area contributed by atoms with Crippen LogP contribution in [0.3, 0.4) is 0 Å². The molecule has 0 N–H and O–H groups in total. The van der Waals surface area contributed by atoms with Crippen LogP contribution in [0.1, 0.15) is 45.2 Å². The molecule has 4 heteroatoms. The molecule has 1 heterocycles. The lowest BCUT2D eigenvalue weighted by Crippen LogP contribution is -2.27. The molecular weight excluding hydrogens is 346 g/mol. The number of amides is 1. The Labute approximate surface area is 167 Å². The van der Waals surface area contributed by atoms with E-state index in [0.29, 0.717) is 6.54 Å². The van der Waals surface area contributed by atoms with E-state index in [1.807, 2.05) is 16.5 Å². The fourth-order valence-electron chi connectivity index (χ4n) is 3.62. The van der Waals surface area contributed by atoms with Crippen LogP contribution in [0.25, 0.3) is 16.8 Å². The Morgan fingerprint density at radius 3 is 2.68 bits per heavy atom. The number of carbonyl (C=O) groups is 1. The number of hydrogen-bond acceptors (Lipinski definition) is 2. The van der Waals surface area contributed by atoms with Gasteiger partial charge >= 0.3 is 0 Å². The van der Waals surface area contributed by atoms with E-state index in [4.69, 9.17) is 5.10 Å². The van der Waals surface area contributed by atoms with Crippen molar-refractivity contribution in [3.8, 4) is 11.3 Å². The van der Waals surface area contributed by atoms with Gasteiger partial charge in [0.05, 0.1) is 0 Å². The predicted octanol–water partition coefficient (Wildman–Crippen LogP) is 5.36. The van der Waals surface area contributed by atoms with Gasteiger partial charge in [-0.2, -0.15) is 5.10 Å². The highest BCUT2D eigenvalue weighted by Gasteiger charge is 2.19. The quantitative estimate of drug-likeness (QED) is 0.705. The summed E-state index contributed by atoms with van der Waals surface area (Å²) in [6, 6.07) is 8.44. The second kappa shape index (κ2) is 8.42. The van der Waals surface area contributed by atoms with Crippen molar-refractivity contribution in [2.75, 3.05) is 6.54 Å². The van der Waals surface area contributed by atoms with Gasteiger partial charge in [-0.25, -0.2) is 0 Å². The van der Waals surface area contributed by atoms with Gasteiger partial charge in [-0.05, 0) is 57.4 Å². The Hall–Kier alpha value is -2.88. The van der Waals surface area contributed by atoms with Crippen LogP contribution in [-0.2, 0) is 11.3 Å². The average molecular weight is 376 g/mol. The molecule has 28 heavy (non-hydrogen) atoms. The van der Waals surface area contributed by atoms with E-state index in [9.17, 15) is 4.79 Å². The minimum atomic E-state index is 0.0671. The third-order valence-corrected chi connectivity index (χ3v) is 5.13. The van der Waals surface area contributed by atoms with Crippen molar-refractivity contribution in [3.63, 3.8) is 0 Å². The van der Waals surface area contributed by atoms with Gasteiger partial charge in [0.2, 0.25) is 5.91 Å². The molecule has 1 aliphatic rings. The third kappa shape index (κ3) is 4.01. The maximum Gasteiger partial charge on any atom is 0.223 e. The SMILES string of the molecule is CCN(C(C)=O)C1=C(C)CC=CC(c2cn(CC)nc2-c2cccc(C)c2)=C1. The molecule has 0 spiro atoms. The van der Waals surface area contributed by atoms with Crippen LogP contribution in [0.4, 0.5) is 0 Å². The molecule has 0 radical (unpaired) electrons. The minimum Gasteiger partial charge on any atom is -0.313 e. The van der Waals surface area contributed by atoms with Gasteiger partial charge in [0.25, 0.3) is 0 Å². The van der Waals surface area contributed by atoms with Crippen LogP contribution in [0.5, 0.6) is 0 Å². The number of rotatable bonds is 5. The smallest absolute Gasteiger partial charge is 0.223 e. The summed E-state index contributed by atoms with van der Waals surface area (Å²) in [4.78, 5) is 14.0. The zero-order valence-corrected chi connectivity index (χ0v) is 17.5. The molecule has 0 unspecified atom stereocenters. The summed E-state index contributed by atoms with van der Waals surface area (Å²) in [5.41, 5.74) is 7.68.